The first-order chi connectivity index (χ1) is 23.5. The number of nitrogens with zero attached hydrogens (tertiary/aromatic N) is 2. The second-order valence-electron chi connectivity index (χ2n) is 14.4. The molecule has 0 spiro atoms. The standard InChI is InChI=1S/C46H74N2.Pd/c1-7-12-13-14-15-16-17-18-19-20-21-22-23-24-25-26-27-32-46(48-45-37-42(30-10-4)34-43(38-45)31-11-5)39(6)47-44-35-40(28-8-2)33-41(36-44)29-9-3;/h27,32-38H,7-26,28-31H2,1-6H3;/b32-27+,47-39+,48-46+;. The van der Waals surface area contributed by atoms with Crippen LogP contribution in [-0.4, -0.2) is 11.4 Å². The Morgan fingerprint density at radius 3 is 1.16 bits per heavy atom. The molecule has 0 saturated heterocycles. The molecule has 0 unspecified atom stereocenters. The monoisotopic (exact) mass is 760 g/mol. The number of hydrogen-bond donors (Lipinski definition) is 0. The molecule has 278 valence electrons. The minimum absolute atomic E-state index is 0. The average molecular weight is 762 g/mol. The predicted molar refractivity (Wildman–Crippen MR) is 217 cm³/mol. The molecule has 0 fully saturated rings. The van der Waals surface area contributed by atoms with Crippen molar-refractivity contribution in [2.75, 3.05) is 0 Å². The topological polar surface area (TPSA) is 24.7 Å². The molecule has 0 atom stereocenters. The molecule has 0 amide bonds. The number of benzene rings is 2. The van der Waals surface area contributed by atoms with Crippen molar-refractivity contribution in [1.82, 2.24) is 0 Å². The van der Waals surface area contributed by atoms with Crippen LogP contribution in [0.2, 0.25) is 0 Å². The van der Waals surface area contributed by atoms with Crippen molar-refractivity contribution in [3.8, 4) is 0 Å². The smallest absolute Gasteiger partial charge is 0.0845 e. The Bertz CT molecular complexity index is 1160. The largest absolute Gasteiger partial charge is 0.251 e. The van der Waals surface area contributed by atoms with E-state index in [4.69, 9.17) is 9.98 Å². The minimum atomic E-state index is 0. The van der Waals surface area contributed by atoms with Crippen LogP contribution >= 0.6 is 0 Å². The summed E-state index contributed by atoms with van der Waals surface area (Å²) in [5, 5.41) is 0. The molecule has 2 aromatic rings. The van der Waals surface area contributed by atoms with Crippen LogP contribution in [0.25, 0.3) is 0 Å². The summed E-state index contributed by atoms with van der Waals surface area (Å²) in [4.78, 5) is 10.5. The van der Waals surface area contributed by atoms with E-state index in [1.807, 2.05) is 0 Å². The Labute approximate surface area is 318 Å². The van der Waals surface area contributed by atoms with E-state index in [2.05, 4.69) is 90.1 Å². The van der Waals surface area contributed by atoms with Gasteiger partial charge in [-0.05, 0) is 98.0 Å². The maximum absolute atomic E-state index is 5.27. The van der Waals surface area contributed by atoms with Gasteiger partial charge in [-0.25, -0.2) is 4.99 Å². The van der Waals surface area contributed by atoms with Crippen LogP contribution in [-0.2, 0) is 46.1 Å². The van der Waals surface area contributed by atoms with Crippen molar-refractivity contribution < 1.29 is 20.4 Å². The molecule has 0 heterocycles. The molecule has 2 rings (SSSR count). The number of aliphatic imine (C=N–C) groups is 2. The van der Waals surface area contributed by atoms with Gasteiger partial charge in [0.05, 0.1) is 22.8 Å². The Hall–Kier alpha value is -1.82. The van der Waals surface area contributed by atoms with Crippen LogP contribution < -0.4 is 0 Å². The third-order valence-electron chi connectivity index (χ3n) is 9.40. The number of allylic oxidation sites excluding steroid dienone is 2. The molecule has 3 heteroatoms. The van der Waals surface area contributed by atoms with Gasteiger partial charge in [0, 0.05) is 20.4 Å². The van der Waals surface area contributed by atoms with Crippen LogP contribution in [0, 0.1) is 0 Å². The van der Waals surface area contributed by atoms with Crippen molar-refractivity contribution in [2.45, 2.75) is 196 Å². The summed E-state index contributed by atoms with van der Waals surface area (Å²) in [5.74, 6) is 0. The Kier molecular flexibility index (Phi) is 27.6. The molecule has 0 bridgehead atoms. The second-order valence-corrected chi connectivity index (χ2v) is 14.4. The van der Waals surface area contributed by atoms with Crippen molar-refractivity contribution in [3.63, 3.8) is 0 Å². The number of rotatable bonds is 28. The van der Waals surface area contributed by atoms with Crippen molar-refractivity contribution in [1.29, 1.82) is 0 Å². The molecule has 0 aliphatic heterocycles. The normalized spacial score (nSPS) is 12.2. The van der Waals surface area contributed by atoms with Crippen LogP contribution in [0.1, 0.15) is 192 Å². The summed E-state index contributed by atoms with van der Waals surface area (Å²) in [6.45, 7) is 13.5. The maximum Gasteiger partial charge on any atom is 0.0845 e. The molecule has 0 radical (unpaired) electrons. The fourth-order valence-electron chi connectivity index (χ4n) is 6.80. The number of unbranched alkanes of at least 4 members (excludes halogenated alkanes) is 15. The van der Waals surface area contributed by atoms with Gasteiger partial charge in [-0.15, -0.1) is 0 Å². The van der Waals surface area contributed by atoms with Gasteiger partial charge < -0.3 is 0 Å². The Morgan fingerprint density at radius 1 is 0.449 bits per heavy atom. The van der Waals surface area contributed by atoms with Crippen LogP contribution in [0.3, 0.4) is 0 Å². The molecule has 0 aliphatic rings. The van der Waals surface area contributed by atoms with Gasteiger partial charge >= 0.3 is 0 Å². The SMILES string of the molecule is CCCCCCCCCCCCCCCCC/C=C/C(=N\c1cc(CCC)cc(CCC)c1)C(/C)=N/c1cc(CCC)cc(CCC)c1.[Pd]. The van der Waals surface area contributed by atoms with Crippen LogP contribution in [0.4, 0.5) is 11.4 Å². The molecular weight excluding hydrogens is 687 g/mol. The first-order valence-corrected chi connectivity index (χ1v) is 20.6. The quantitative estimate of drug-likeness (QED) is 0.0469. The molecular formula is C46H74N2Pd. The zero-order chi connectivity index (χ0) is 34.7. The molecule has 0 aromatic heterocycles. The second kappa shape index (κ2) is 29.9. The van der Waals surface area contributed by atoms with E-state index in [0.717, 1.165) is 80.6 Å². The predicted octanol–water partition coefficient (Wildman–Crippen LogP) is 15.2. The molecule has 0 N–H and O–H groups in total. The van der Waals surface area contributed by atoms with E-state index >= 15 is 0 Å². The first-order valence-electron chi connectivity index (χ1n) is 20.6. The van der Waals surface area contributed by atoms with Crippen LogP contribution in [0.5, 0.6) is 0 Å². The fourth-order valence-corrected chi connectivity index (χ4v) is 6.80. The van der Waals surface area contributed by atoms with Gasteiger partial charge in [-0.2, -0.15) is 0 Å². The van der Waals surface area contributed by atoms with Gasteiger partial charge in [0.25, 0.3) is 0 Å². The zero-order valence-electron chi connectivity index (χ0n) is 32.8. The van der Waals surface area contributed by atoms with Gasteiger partial charge in [0.1, 0.15) is 0 Å². The summed E-state index contributed by atoms with van der Waals surface area (Å²) >= 11 is 0. The van der Waals surface area contributed by atoms with E-state index in [1.165, 1.54) is 119 Å². The summed E-state index contributed by atoms with van der Waals surface area (Å²) in [6, 6.07) is 13.9. The third kappa shape index (κ3) is 21.2. The Balaban J connectivity index is 0.0000120. The maximum atomic E-state index is 5.27. The van der Waals surface area contributed by atoms with Crippen molar-refractivity contribution >= 4 is 22.8 Å². The Morgan fingerprint density at radius 2 is 0.796 bits per heavy atom. The third-order valence-corrected chi connectivity index (χ3v) is 9.40. The summed E-state index contributed by atoms with van der Waals surface area (Å²) in [6.07, 6.45) is 35.8. The van der Waals surface area contributed by atoms with Gasteiger partial charge in [-0.3, -0.25) is 4.99 Å². The summed E-state index contributed by atoms with van der Waals surface area (Å²) in [7, 11) is 0. The minimum Gasteiger partial charge on any atom is -0.251 e. The molecule has 0 aliphatic carbocycles. The van der Waals surface area contributed by atoms with E-state index in [9.17, 15) is 0 Å². The molecule has 0 saturated carbocycles. The van der Waals surface area contributed by atoms with Gasteiger partial charge in [-0.1, -0.05) is 168 Å². The first kappa shape index (κ1) is 45.2. The van der Waals surface area contributed by atoms with Gasteiger partial charge in [0.15, 0.2) is 0 Å². The summed E-state index contributed by atoms with van der Waals surface area (Å²) in [5.41, 5.74) is 9.71. The zero-order valence-corrected chi connectivity index (χ0v) is 34.4. The van der Waals surface area contributed by atoms with Gasteiger partial charge in [0.2, 0.25) is 0 Å². The fraction of sp³-hybridized carbons (Fsp3) is 0.652. The van der Waals surface area contributed by atoms with E-state index in [-0.39, 0.29) is 20.4 Å². The summed E-state index contributed by atoms with van der Waals surface area (Å²) < 4.78 is 0. The average Bonchev–Trinajstić information content (AvgIpc) is 3.06. The number of aryl methyl sites for hydroxylation is 4. The number of hydrogen-bond acceptors (Lipinski definition) is 2. The van der Waals surface area contributed by atoms with Crippen molar-refractivity contribution in [3.05, 3.63) is 70.8 Å². The van der Waals surface area contributed by atoms with E-state index in [0.29, 0.717) is 0 Å². The molecule has 2 aromatic carbocycles. The van der Waals surface area contributed by atoms with E-state index in [1.54, 1.807) is 0 Å². The molecule has 2 nitrogen and oxygen atoms in total. The molecule has 49 heavy (non-hydrogen) atoms. The van der Waals surface area contributed by atoms with Crippen molar-refractivity contribution in [2.24, 2.45) is 9.98 Å². The van der Waals surface area contributed by atoms with E-state index < -0.39 is 0 Å². The van der Waals surface area contributed by atoms with Crippen LogP contribution in [0.15, 0.2) is 58.5 Å².